The maximum atomic E-state index is 11.8. The maximum absolute atomic E-state index is 11.8. The van der Waals surface area contributed by atoms with Crippen molar-refractivity contribution in [3.05, 3.63) is 88.7 Å². The van der Waals surface area contributed by atoms with Crippen molar-refractivity contribution in [1.29, 1.82) is 0 Å². The molecule has 1 N–H and O–H groups in total. The lowest BCUT2D eigenvalue weighted by Gasteiger charge is -2.36. The van der Waals surface area contributed by atoms with E-state index in [-0.39, 0.29) is 59.9 Å². The Morgan fingerprint density at radius 1 is 0.966 bits per heavy atom. The molecule has 0 radical (unpaired) electrons. The van der Waals surface area contributed by atoms with Gasteiger partial charge in [0.05, 0.1) is 20.8 Å². The van der Waals surface area contributed by atoms with E-state index in [9.17, 15) is 4.79 Å². The number of anilines is 1. The molecular weight excluding hydrogens is 362 g/mol. The van der Waals surface area contributed by atoms with Crippen molar-refractivity contribution in [3.8, 4) is 11.1 Å². The number of hydrogen-bond donors (Lipinski definition) is 1. The first-order chi connectivity index (χ1) is 17.2. The van der Waals surface area contributed by atoms with Crippen LogP contribution in [0.1, 0.15) is 15.2 Å². The first-order valence-electron chi connectivity index (χ1n) is 12.9. The lowest BCUT2D eigenvalue weighted by molar-refractivity contribution is 0.250. The number of aromatic nitrogens is 1. The summed E-state index contributed by atoms with van der Waals surface area (Å²) in [7, 11) is 0. The molecule has 5 nitrogen and oxygen atoms in total. The number of rotatable bonds is 4. The number of para-hydroxylation sites is 1. The number of nitrogens with one attached hydrogen (secondary N) is 1. The summed E-state index contributed by atoms with van der Waals surface area (Å²) in [4.78, 5) is 18.1. The second-order valence-electron chi connectivity index (χ2n) is 6.93. The summed E-state index contributed by atoms with van der Waals surface area (Å²) in [6.07, 6.45) is 0. The van der Waals surface area contributed by atoms with Gasteiger partial charge in [0.25, 0.3) is 0 Å². The highest BCUT2D eigenvalue weighted by Crippen LogP contribution is 2.26. The van der Waals surface area contributed by atoms with E-state index in [1.807, 2.05) is 28.0 Å². The van der Waals surface area contributed by atoms with Crippen LogP contribution in [-0.4, -0.2) is 36.1 Å². The molecule has 4 aromatic rings. The molecule has 1 aliphatic heterocycles. The van der Waals surface area contributed by atoms with Gasteiger partial charge in [0.15, 0.2) is 5.58 Å². The number of piperazine rings is 1. The monoisotopic (exact) mass is 392 g/mol. The van der Waals surface area contributed by atoms with Gasteiger partial charge in [0.1, 0.15) is 0 Å². The van der Waals surface area contributed by atoms with E-state index in [0.717, 1.165) is 0 Å². The lowest BCUT2D eigenvalue weighted by atomic mass is 10.0. The van der Waals surface area contributed by atoms with E-state index in [0.29, 0.717) is 48.6 Å². The molecule has 5 heteroatoms. The number of nitrogens with zero attached hydrogens (tertiary/aromatic N) is 2. The zero-order chi connectivity index (χ0) is 25.7. The first kappa shape index (κ1) is 11.6. The molecule has 5 rings (SSSR count). The summed E-state index contributed by atoms with van der Waals surface area (Å²) >= 11 is 0. The molecule has 1 aromatic heterocycles. The summed E-state index contributed by atoms with van der Waals surface area (Å²) in [6.45, 7) is 2.13. The summed E-state index contributed by atoms with van der Waals surface area (Å²) in [5.74, 6) is -0.743. The van der Waals surface area contributed by atoms with Gasteiger partial charge < -0.3 is 9.32 Å². The van der Waals surface area contributed by atoms with Gasteiger partial charge in [-0.2, -0.15) is 0 Å². The number of H-pyrrole nitrogens is 1. The first-order valence-corrected chi connectivity index (χ1v) is 9.43. The third-order valence-corrected chi connectivity index (χ3v) is 5.04. The Balaban J connectivity index is 1.42. The third kappa shape index (κ3) is 3.69. The molecule has 146 valence electrons. The molecule has 1 saturated heterocycles. The van der Waals surface area contributed by atoms with Crippen LogP contribution >= 0.6 is 0 Å². The SMILES string of the molecule is [2H]c1c([2H])c(CN2CCN(c3c([2H])c([2H])c([2H])c4[nH]c(=O)oc34)CC2)c([2H])c(-c2ccccc2)c1[2H]. The normalized spacial score (nSPS) is 18.5. The highest BCUT2D eigenvalue weighted by atomic mass is 16.4. The summed E-state index contributed by atoms with van der Waals surface area (Å²) in [5, 5.41) is 0. The molecule has 29 heavy (non-hydrogen) atoms. The van der Waals surface area contributed by atoms with Crippen LogP contribution in [-0.2, 0) is 6.54 Å². The van der Waals surface area contributed by atoms with Crippen LogP contribution in [0, 0.1) is 0 Å². The van der Waals surface area contributed by atoms with Crippen LogP contribution in [0.4, 0.5) is 5.69 Å². The average molecular weight is 393 g/mol. The Hall–Kier alpha value is -3.31. The standard InChI is InChI=1S/C24H23N3O2/c28-24-25-21-10-5-11-22(23(21)29-24)27-14-12-26(13-15-27)17-18-6-4-9-20(16-18)19-7-2-1-3-8-19/h1-11,16H,12-15,17H2,(H,25,28)/i4D,5D,6D,9D,10D,11D,16D. The Bertz CT molecular complexity index is 1530. The Labute approximate surface area is 179 Å². The summed E-state index contributed by atoms with van der Waals surface area (Å²) < 4.78 is 63.5. The van der Waals surface area contributed by atoms with E-state index in [1.165, 1.54) is 0 Å². The minimum atomic E-state index is -0.743. The fraction of sp³-hybridized carbons (Fsp3) is 0.208. The lowest BCUT2D eigenvalue weighted by Crippen LogP contribution is -2.46. The van der Waals surface area contributed by atoms with Crippen LogP contribution in [0.25, 0.3) is 22.2 Å². The number of aromatic amines is 1. The predicted molar refractivity (Wildman–Crippen MR) is 116 cm³/mol. The van der Waals surface area contributed by atoms with E-state index >= 15 is 0 Å². The fourth-order valence-corrected chi connectivity index (χ4v) is 3.58. The number of hydrogen-bond acceptors (Lipinski definition) is 4. The van der Waals surface area contributed by atoms with Crippen molar-refractivity contribution >= 4 is 16.8 Å². The van der Waals surface area contributed by atoms with Crippen molar-refractivity contribution in [2.24, 2.45) is 0 Å². The Kier molecular flexibility index (Phi) is 3.05. The van der Waals surface area contributed by atoms with Gasteiger partial charge in [-0.1, -0.05) is 54.5 Å². The van der Waals surface area contributed by atoms with E-state index in [1.54, 1.807) is 12.1 Å². The number of oxazole rings is 1. The van der Waals surface area contributed by atoms with Gasteiger partial charge in [0.2, 0.25) is 0 Å². The van der Waals surface area contributed by atoms with Crippen LogP contribution in [0.3, 0.4) is 0 Å². The van der Waals surface area contributed by atoms with Crippen LogP contribution in [0.5, 0.6) is 0 Å². The van der Waals surface area contributed by atoms with Crippen LogP contribution in [0.15, 0.2) is 81.8 Å². The van der Waals surface area contributed by atoms with Crippen molar-refractivity contribution in [3.63, 3.8) is 0 Å². The van der Waals surface area contributed by atoms with Crippen molar-refractivity contribution in [2.75, 3.05) is 31.1 Å². The molecule has 1 aliphatic rings. The second-order valence-corrected chi connectivity index (χ2v) is 6.93. The molecule has 3 aromatic carbocycles. The van der Waals surface area contributed by atoms with E-state index in [2.05, 4.69) is 4.98 Å². The fourth-order valence-electron chi connectivity index (χ4n) is 3.58. The molecule has 1 fully saturated rings. The smallest absolute Gasteiger partial charge is 0.406 e. The van der Waals surface area contributed by atoms with Gasteiger partial charge in [0, 0.05) is 32.7 Å². The molecular formula is C24H23N3O2. The minimum Gasteiger partial charge on any atom is -0.406 e. The molecule has 0 amide bonds. The number of benzene rings is 3. The highest BCUT2D eigenvalue weighted by molar-refractivity contribution is 5.86. The molecule has 0 aliphatic carbocycles. The molecule has 0 unspecified atom stereocenters. The summed E-state index contributed by atoms with van der Waals surface area (Å²) in [5.41, 5.74) is 1.88. The molecule has 0 saturated carbocycles. The summed E-state index contributed by atoms with van der Waals surface area (Å²) in [6, 6.07) is 7.93. The minimum absolute atomic E-state index is 0.0729. The highest BCUT2D eigenvalue weighted by Gasteiger charge is 2.20. The quantitative estimate of drug-likeness (QED) is 0.568. The van der Waals surface area contributed by atoms with Crippen LogP contribution in [0.2, 0.25) is 0 Å². The Morgan fingerprint density at radius 3 is 2.59 bits per heavy atom. The zero-order valence-electron chi connectivity index (χ0n) is 22.6. The van der Waals surface area contributed by atoms with E-state index < -0.39 is 5.76 Å². The predicted octanol–water partition coefficient (Wildman–Crippen LogP) is 4.11. The molecule has 0 atom stereocenters. The van der Waals surface area contributed by atoms with E-state index in [4.69, 9.17) is 14.0 Å². The van der Waals surface area contributed by atoms with Crippen LogP contribution < -0.4 is 10.7 Å². The van der Waals surface area contributed by atoms with Gasteiger partial charge in [-0.25, -0.2) is 4.79 Å². The van der Waals surface area contributed by atoms with Gasteiger partial charge >= 0.3 is 5.76 Å². The van der Waals surface area contributed by atoms with Crippen molar-refractivity contribution < 1.29 is 14.0 Å². The largest absolute Gasteiger partial charge is 0.417 e. The van der Waals surface area contributed by atoms with Crippen molar-refractivity contribution in [1.82, 2.24) is 9.88 Å². The van der Waals surface area contributed by atoms with Gasteiger partial charge in [-0.3, -0.25) is 9.88 Å². The molecule has 2 heterocycles. The average Bonchev–Trinajstić information content (AvgIpc) is 3.27. The van der Waals surface area contributed by atoms with Gasteiger partial charge in [-0.15, -0.1) is 0 Å². The van der Waals surface area contributed by atoms with Crippen molar-refractivity contribution in [2.45, 2.75) is 6.54 Å². The molecule has 0 bridgehead atoms. The molecule has 0 spiro atoms. The third-order valence-electron chi connectivity index (χ3n) is 5.04. The maximum Gasteiger partial charge on any atom is 0.417 e. The second kappa shape index (κ2) is 7.60. The Morgan fingerprint density at radius 2 is 1.76 bits per heavy atom. The topological polar surface area (TPSA) is 52.5 Å². The van der Waals surface area contributed by atoms with Gasteiger partial charge in [-0.05, 0) is 34.8 Å². The number of fused-ring (bicyclic) bond motifs is 1. The zero-order valence-corrected chi connectivity index (χ0v) is 15.6.